The third-order valence-corrected chi connectivity index (χ3v) is 2.49. The molecule has 1 atom stereocenters. The molecule has 1 aliphatic rings. The number of hydrogen-bond acceptors (Lipinski definition) is 5. The van der Waals surface area contributed by atoms with Crippen LogP contribution in [0.1, 0.15) is 19.8 Å². The van der Waals surface area contributed by atoms with Gasteiger partial charge >= 0.3 is 0 Å². The first kappa shape index (κ1) is 9.21. The van der Waals surface area contributed by atoms with Crippen LogP contribution in [0.2, 0.25) is 0 Å². The van der Waals surface area contributed by atoms with E-state index in [2.05, 4.69) is 27.6 Å². The summed E-state index contributed by atoms with van der Waals surface area (Å²) in [6, 6.07) is 0.470. The monoisotopic (exact) mass is 193 g/mol. The van der Waals surface area contributed by atoms with Gasteiger partial charge in [-0.2, -0.15) is 0 Å². The van der Waals surface area contributed by atoms with Gasteiger partial charge in [0.05, 0.1) is 12.4 Å². The molecular weight excluding hydrogens is 178 g/mol. The molecule has 0 radical (unpaired) electrons. The number of aromatic nitrogens is 2. The van der Waals surface area contributed by atoms with Gasteiger partial charge in [0.15, 0.2) is 5.82 Å². The minimum absolute atomic E-state index is 0.470. The molecule has 5 heteroatoms. The van der Waals surface area contributed by atoms with Crippen molar-refractivity contribution in [2.24, 2.45) is 11.8 Å². The van der Waals surface area contributed by atoms with Crippen LogP contribution in [0, 0.1) is 5.92 Å². The topological polar surface area (TPSA) is 75.9 Å². The van der Waals surface area contributed by atoms with E-state index in [0.29, 0.717) is 11.9 Å². The van der Waals surface area contributed by atoms with Crippen molar-refractivity contribution >= 4 is 11.6 Å². The van der Waals surface area contributed by atoms with Gasteiger partial charge in [0.25, 0.3) is 0 Å². The summed E-state index contributed by atoms with van der Waals surface area (Å²) in [7, 11) is 0. The average Bonchev–Trinajstić information content (AvgIpc) is 3.01. The van der Waals surface area contributed by atoms with Gasteiger partial charge in [-0.05, 0) is 25.7 Å². The van der Waals surface area contributed by atoms with E-state index in [-0.39, 0.29) is 0 Å². The van der Waals surface area contributed by atoms with Gasteiger partial charge < -0.3 is 10.7 Å². The highest BCUT2D eigenvalue weighted by molar-refractivity contribution is 5.41. The number of anilines is 2. The first-order chi connectivity index (χ1) is 6.79. The van der Waals surface area contributed by atoms with Gasteiger partial charge in [-0.3, -0.25) is 4.98 Å². The van der Waals surface area contributed by atoms with E-state index in [1.165, 1.54) is 12.8 Å². The minimum Gasteiger partial charge on any atom is -0.366 e. The van der Waals surface area contributed by atoms with Crippen LogP contribution in [0.25, 0.3) is 0 Å². The summed E-state index contributed by atoms with van der Waals surface area (Å²) < 4.78 is 0. The van der Waals surface area contributed by atoms with Crippen LogP contribution < -0.4 is 16.6 Å². The molecule has 5 nitrogen and oxygen atoms in total. The zero-order chi connectivity index (χ0) is 9.97. The summed E-state index contributed by atoms with van der Waals surface area (Å²) in [6.07, 6.45) is 5.93. The molecule has 1 heterocycles. The molecule has 0 spiro atoms. The molecule has 1 unspecified atom stereocenters. The summed E-state index contributed by atoms with van der Waals surface area (Å²) in [5.74, 6) is 7.40. The van der Waals surface area contributed by atoms with Crippen molar-refractivity contribution in [2.45, 2.75) is 25.8 Å². The lowest BCUT2D eigenvalue weighted by Crippen LogP contribution is -2.19. The third-order valence-electron chi connectivity index (χ3n) is 2.49. The average molecular weight is 193 g/mol. The van der Waals surface area contributed by atoms with Crippen LogP contribution in [-0.2, 0) is 0 Å². The minimum atomic E-state index is 0.470. The second-order valence-corrected chi connectivity index (χ2v) is 3.70. The van der Waals surface area contributed by atoms with Gasteiger partial charge in [-0.15, -0.1) is 0 Å². The summed E-state index contributed by atoms with van der Waals surface area (Å²) in [5, 5.41) is 3.31. The zero-order valence-corrected chi connectivity index (χ0v) is 8.20. The summed E-state index contributed by atoms with van der Waals surface area (Å²) in [6.45, 7) is 2.17. The van der Waals surface area contributed by atoms with E-state index in [4.69, 9.17) is 5.84 Å². The number of nitrogens with one attached hydrogen (secondary N) is 2. The maximum absolute atomic E-state index is 5.24. The molecule has 0 bridgehead atoms. The summed E-state index contributed by atoms with van der Waals surface area (Å²) >= 11 is 0. The van der Waals surface area contributed by atoms with Crippen molar-refractivity contribution in [1.29, 1.82) is 0 Å². The fraction of sp³-hybridized carbons (Fsp3) is 0.556. The maximum Gasteiger partial charge on any atom is 0.160 e. The SMILES string of the molecule is CC(Nc1cncc(NN)n1)C1CC1. The predicted molar refractivity (Wildman–Crippen MR) is 55.7 cm³/mol. The number of nitrogen functional groups attached to an aromatic ring is 1. The lowest BCUT2D eigenvalue weighted by atomic mass is 10.2. The van der Waals surface area contributed by atoms with E-state index in [1.54, 1.807) is 12.4 Å². The zero-order valence-electron chi connectivity index (χ0n) is 8.20. The number of hydrazine groups is 1. The third kappa shape index (κ3) is 2.11. The van der Waals surface area contributed by atoms with E-state index < -0.39 is 0 Å². The Hall–Kier alpha value is -1.36. The fourth-order valence-corrected chi connectivity index (χ4v) is 1.45. The molecule has 4 N–H and O–H groups in total. The Balaban J connectivity index is 2.00. The van der Waals surface area contributed by atoms with Crippen molar-refractivity contribution in [2.75, 3.05) is 10.7 Å². The van der Waals surface area contributed by atoms with E-state index in [9.17, 15) is 0 Å². The molecule has 0 aromatic carbocycles. The molecule has 0 amide bonds. The van der Waals surface area contributed by atoms with Crippen LogP contribution in [0.15, 0.2) is 12.4 Å². The number of rotatable bonds is 4. The highest BCUT2D eigenvalue weighted by atomic mass is 15.3. The Morgan fingerprint density at radius 2 is 2.14 bits per heavy atom. The molecule has 76 valence electrons. The Bertz CT molecular complexity index is 310. The molecule has 1 aliphatic carbocycles. The normalized spacial score (nSPS) is 17.6. The molecule has 0 aliphatic heterocycles. The Morgan fingerprint density at radius 1 is 1.43 bits per heavy atom. The predicted octanol–water partition coefficient (Wildman–Crippen LogP) is 0.973. The number of nitrogens with two attached hydrogens (primary N) is 1. The number of hydrogen-bond donors (Lipinski definition) is 3. The summed E-state index contributed by atoms with van der Waals surface area (Å²) in [5.41, 5.74) is 2.47. The first-order valence-corrected chi connectivity index (χ1v) is 4.85. The second-order valence-electron chi connectivity index (χ2n) is 3.70. The fourth-order valence-electron chi connectivity index (χ4n) is 1.45. The quantitative estimate of drug-likeness (QED) is 0.490. The Morgan fingerprint density at radius 3 is 2.79 bits per heavy atom. The maximum atomic E-state index is 5.24. The van der Waals surface area contributed by atoms with Gasteiger partial charge in [-0.1, -0.05) is 0 Å². The van der Waals surface area contributed by atoms with Crippen molar-refractivity contribution in [1.82, 2.24) is 9.97 Å². The van der Waals surface area contributed by atoms with Crippen molar-refractivity contribution in [3.05, 3.63) is 12.4 Å². The standard InChI is InChI=1S/C9H15N5/c1-6(7-2-3-7)12-8-4-11-5-9(13-8)14-10/h4-7H,2-3,10H2,1H3,(H2,12,13,14). The van der Waals surface area contributed by atoms with Crippen molar-refractivity contribution in [3.63, 3.8) is 0 Å². The molecule has 1 aromatic rings. The van der Waals surface area contributed by atoms with Crippen LogP contribution in [0.5, 0.6) is 0 Å². The largest absolute Gasteiger partial charge is 0.366 e. The van der Waals surface area contributed by atoms with E-state index in [1.807, 2.05) is 0 Å². The lowest BCUT2D eigenvalue weighted by molar-refractivity contribution is 0.690. The number of nitrogens with zero attached hydrogens (tertiary/aromatic N) is 2. The molecule has 2 rings (SSSR count). The molecule has 0 saturated heterocycles. The lowest BCUT2D eigenvalue weighted by Gasteiger charge is -2.13. The van der Waals surface area contributed by atoms with Gasteiger partial charge in [-0.25, -0.2) is 10.8 Å². The molecular formula is C9H15N5. The van der Waals surface area contributed by atoms with Crippen molar-refractivity contribution in [3.8, 4) is 0 Å². The van der Waals surface area contributed by atoms with Crippen LogP contribution in [-0.4, -0.2) is 16.0 Å². The Labute approximate surface area is 83.1 Å². The van der Waals surface area contributed by atoms with Gasteiger partial charge in [0, 0.05) is 6.04 Å². The van der Waals surface area contributed by atoms with Crippen LogP contribution in [0.4, 0.5) is 11.6 Å². The smallest absolute Gasteiger partial charge is 0.160 e. The molecule has 14 heavy (non-hydrogen) atoms. The summed E-state index contributed by atoms with van der Waals surface area (Å²) in [4.78, 5) is 8.25. The van der Waals surface area contributed by atoms with Crippen molar-refractivity contribution < 1.29 is 0 Å². The Kier molecular flexibility index (Phi) is 2.49. The van der Waals surface area contributed by atoms with Gasteiger partial charge in [0.1, 0.15) is 5.82 Å². The first-order valence-electron chi connectivity index (χ1n) is 4.85. The second kappa shape index (κ2) is 3.79. The van der Waals surface area contributed by atoms with E-state index >= 15 is 0 Å². The highest BCUT2D eigenvalue weighted by Gasteiger charge is 2.27. The molecule has 1 saturated carbocycles. The van der Waals surface area contributed by atoms with Gasteiger partial charge in [0.2, 0.25) is 0 Å². The van der Waals surface area contributed by atoms with Crippen LogP contribution >= 0.6 is 0 Å². The molecule has 1 aromatic heterocycles. The van der Waals surface area contributed by atoms with E-state index in [0.717, 1.165) is 11.7 Å². The highest BCUT2D eigenvalue weighted by Crippen LogP contribution is 2.33. The molecule has 1 fully saturated rings. The van der Waals surface area contributed by atoms with Crippen LogP contribution in [0.3, 0.4) is 0 Å².